The summed E-state index contributed by atoms with van der Waals surface area (Å²) in [6.45, 7) is 1.81. The summed E-state index contributed by atoms with van der Waals surface area (Å²) in [4.78, 5) is 22.2. The molecule has 0 aliphatic heterocycles. The standard InChI is InChI=1S/C18H16N6O4S/c1-12-20-22-18(23(12)14-5-3-2-4-6-14)29-11-17(26)21-19-10-13-9-15(24(27)28)7-8-16(13)25/h2-10,25H,11H2,1H3,(H,21,26)/p-1/b19-10-. The van der Waals surface area contributed by atoms with Crippen LogP contribution >= 0.6 is 11.8 Å². The van der Waals surface area contributed by atoms with Gasteiger partial charge < -0.3 is 5.11 Å². The molecule has 0 bridgehead atoms. The quantitative estimate of drug-likeness (QED) is 0.271. The molecule has 0 atom stereocenters. The van der Waals surface area contributed by atoms with Crippen LogP contribution in [0.25, 0.3) is 5.69 Å². The van der Waals surface area contributed by atoms with E-state index in [1.54, 1.807) is 0 Å². The monoisotopic (exact) mass is 411 g/mol. The van der Waals surface area contributed by atoms with Crippen molar-refractivity contribution < 1.29 is 14.8 Å². The van der Waals surface area contributed by atoms with Gasteiger partial charge >= 0.3 is 0 Å². The van der Waals surface area contributed by atoms with E-state index in [-0.39, 0.29) is 17.0 Å². The van der Waals surface area contributed by atoms with Crippen molar-refractivity contribution in [2.75, 3.05) is 5.75 Å². The van der Waals surface area contributed by atoms with Gasteiger partial charge in [-0.05, 0) is 24.6 Å². The number of non-ortho nitro benzene ring substituents is 1. The molecule has 0 aliphatic rings. The fourth-order valence-corrected chi connectivity index (χ4v) is 3.19. The minimum atomic E-state index is -0.614. The largest absolute Gasteiger partial charge is 0.872 e. The number of thioether (sulfide) groups is 1. The number of hydrogen-bond acceptors (Lipinski definition) is 8. The number of aromatic nitrogens is 3. The summed E-state index contributed by atoms with van der Waals surface area (Å²) in [5.74, 6) is -0.161. The molecule has 0 saturated heterocycles. The van der Waals surface area contributed by atoms with Crippen molar-refractivity contribution >= 4 is 29.6 Å². The van der Waals surface area contributed by atoms with Crippen LogP contribution in [-0.2, 0) is 4.79 Å². The van der Waals surface area contributed by atoms with Crippen molar-refractivity contribution in [2.45, 2.75) is 12.1 Å². The van der Waals surface area contributed by atoms with Crippen LogP contribution in [0.15, 0.2) is 58.8 Å². The lowest BCUT2D eigenvalue weighted by Crippen LogP contribution is -2.20. The van der Waals surface area contributed by atoms with Gasteiger partial charge in [0.15, 0.2) is 5.16 Å². The highest BCUT2D eigenvalue weighted by molar-refractivity contribution is 7.99. The Labute approximate surface area is 169 Å². The number of hydrazone groups is 1. The highest BCUT2D eigenvalue weighted by Gasteiger charge is 2.13. The molecule has 10 nitrogen and oxygen atoms in total. The Morgan fingerprint density at radius 2 is 2.03 bits per heavy atom. The van der Waals surface area contributed by atoms with Crippen LogP contribution in [0.1, 0.15) is 11.4 Å². The van der Waals surface area contributed by atoms with E-state index in [1.165, 1.54) is 11.8 Å². The van der Waals surface area contributed by atoms with Crippen LogP contribution in [0.2, 0.25) is 0 Å². The van der Waals surface area contributed by atoms with Crippen LogP contribution in [0.5, 0.6) is 5.75 Å². The zero-order valence-corrected chi connectivity index (χ0v) is 16.0. The van der Waals surface area contributed by atoms with E-state index in [0.29, 0.717) is 11.0 Å². The van der Waals surface area contributed by atoms with Gasteiger partial charge in [-0.25, -0.2) is 5.43 Å². The number of nitro benzene ring substituents is 1. The number of aryl methyl sites for hydroxylation is 1. The Morgan fingerprint density at radius 3 is 2.76 bits per heavy atom. The first kappa shape index (κ1) is 20.0. The third-order valence-electron chi connectivity index (χ3n) is 3.74. The van der Waals surface area contributed by atoms with E-state index in [4.69, 9.17) is 0 Å². The van der Waals surface area contributed by atoms with Gasteiger partial charge in [0.05, 0.1) is 16.9 Å². The van der Waals surface area contributed by atoms with Crippen molar-refractivity contribution in [3.05, 3.63) is 70.0 Å². The van der Waals surface area contributed by atoms with Crippen molar-refractivity contribution in [1.29, 1.82) is 0 Å². The van der Waals surface area contributed by atoms with E-state index >= 15 is 0 Å². The maximum Gasteiger partial charge on any atom is 0.270 e. The van der Waals surface area contributed by atoms with E-state index in [0.717, 1.165) is 30.1 Å². The molecule has 0 radical (unpaired) electrons. The van der Waals surface area contributed by atoms with Gasteiger partial charge in [-0.3, -0.25) is 19.5 Å². The molecule has 1 heterocycles. The summed E-state index contributed by atoms with van der Waals surface area (Å²) < 4.78 is 1.83. The first-order valence-electron chi connectivity index (χ1n) is 8.33. The van der Waals surface area contributed by atoms with Crippen molar-refractivity contribution in [3.63, 3.8) is 0 Å². The lowest BCUT2D eigenvalue weighted by Gasteiger charge is -2.09. The molecule has 0 spiro atoms. The van der Waals surface area contributed by atoms with Crippen molar-refractivity contribution in [3.8, 4) is 11.4 Å². The summed E-state index contributed by atoms with van der Waals surface area (Å²) in [5, 5.41) is 34.9. The Kier molecular flexibility index (Phi) is 6.19. The third-order valence-corrected chi connectivity index (χ3v) is 4.67. The SMILES string of the molecule is Cc1nnc(SCC(=O)N/N=C\c2cc([N+](=O)[O-])ccc2[O-])n1-c1ccccc1. The minimum absolute atomic E-state index is 0.00611. The van der Waals surface area contributed by atoms with Crippen LogP contribution in [0.3, 0.4) is 0 Å². The summed E-state index contributed by atoms with van der Waals surface area (Å²) in [5.41, 5.74) is 2.94. The summed E-state index contributed by atoms with van der Waals surface area (Å²) in [6, 6.07) is 12.8. The molecule has 0 saturated carbocycles. The fourth-order valence-electron chi connectivity index (χ4n) is 2.40. The highest BCUT2D eigenvalue weighted by atomic mass is 32.2. The molecular formula is C18H15N6O4S-. The summed E-state index contributed by atoms with van der Waals surface area (Å²) in [6.07, 6.45) is 1.08. The predicted octanol–water partition coefficient (Wildman–Crippen LogP) is 1.80. The molecule has 11 heteroatoms. The minimum Gasteiger partial charge on any atom is -0.872 e. The number of rotatable bonds is 7. The Hall–Kier alpha value is -3.73. The number of hydrogen-bond donors (Lipinski definition) is 1. The van der Waals surface area contributed by atoms with E-state index in [9.17, 15) is 20.0 Å². The lowest BCUT2D eigenvalue weighted by atomic mass is 10.2. The molecule has 1 N–H and O–H groups in total. The molecule has 0 unspecified atom stereocenters. The first-order chi connectivity index (χ1) is 14.0. The second-order valence-electron chi connectivity index (χ2n) is 5.76. The maximum atomic E-state index is 12.0. The normalized spacial score (nSPS) is 10.9. The van der Waals surface area contributed by atoms with Gasteiger partial charge in [0.1, 0.15) is 5.82 Å². The van der Waals surface area contributed by atoms with Gasteiger partial charge in [-0.1, -0.05) is 41.8 Å². The summed E-state index contributed by atoms with van der Waals surface area (Å²) in [7, 11) is 0. The topological polar surface area (TPSA) is 138 Å². The van der Waals surface area contributed by atoms with Crippen LogP contribution in [0.4, 0.5) is 5.69 Å². The van der Waals surface area contributed by atoms with Gasteiger partial charge in [0, 0.05) is 17.8 Å². The smallest absolute Gasteiger partial charge is 0.270 e. The van der Waals surface area contributed by atoms with Gasteiger partial charge in [-0.2, -0.15) is 5.10 Å². The fraction of sp³-hybridized carbons (Fsp3) is 0.111. The van der Waals surface area contributed by atoms with Gasteiger partial charge in [-0.15, -0.1) is 10.2 Å². The van der Waals surface area contributed by atoms with Crippen LogP contribution in [0, 0.1) is 17.0 Å². The number of benzene rings is 2. The van der Waals surface area contributed by atoms with E-state index in [2.05, 4.69) is 20.7 Å². The van der Waals surface area contributed by atoms with Crippen LogP contribution < -0.4 is 10.5 Å². The molecule has 0 aliphatic carbocycles. The Bertz CT molecular complexity index is 1070. The van der Waals surface area contributed by atoms with E-state index in [1.807, 2.05) is 41.8 Å². The molecule has 0 fully saturated rings. The number of amides is 1. The molecule has 2 aromatic carbocycles. The third kappa shape index (κ3) is 4.96. The lowest BCUT2D eigenvalue weighted by molar-refractivity contribution is -0.385. The molecule has 148 valence electrons. The van der Waals surface area contributed by atoms with Crippen LogP contribution in [-0.4, -0.2) is 37.6 Å². The van der Waals surface area contributed by atoms with Gasteiger partial charge in [0.25, 0.3) is 11.6 Å². The average molecular weight is 411 g/mol. The number of nitrogens with one attached hydrogen (secondary N) is 1. The zero-order valence-electron chi connectivity index (χ0n) is 15.2. The molecule has 29 heavy (non-hydrogen) atoms. The zero-order chi connectivity index (χ0) is 20.8. The molecular weight excluding hydrogens is 396 g/mol. The highest BCUT2D eigenvalue weighted by Crippen LogP contribution is 2.21. The number of carbonyl (C=O) groups is 1. The number of para-hydroxylation sites is 1. The Balaban J connectivity index is 1.61. The Morgan fingerprint density at radius 1 is 1.28 bits per heavy atom. The maximum absolute atomic E-state index is 12.0. The molecule has 1 aromatic heterocycles. The average Bonchev–Trinajstić information content (AvgIpc) is 3.08. The second-order valence-corrected chi connectivity index (χ2v) is 6.70. The second kappa shape index (κ2) is 8.97. The molecule has 1 amide bonds. The van der Waals surface area contributed by atoms with Gasteiger partial charge in [0.2, 0.25) is 0 Å². The van der Waals surface area contributed by atoms with Crippen molar-refractivity contribution in [1.82, 2.24) is 20.2 Å². The van der Waals surface area contributed by atoms with E-state index < -0.39 is 16.6 Å². The summed E-state index contributed by atoms with van der Waals surface area (Å²) >= 11 is 1.18. The molecule has 3 rings (SSSR count). The number of carbonyl (C=O) groups excluding carboxylic acids is 1. The van der Waals surface area contributed by atoms with Crippen molar-refractivity contribution in [2.24, 2.45) is 5.10 Å². The number of nitro groups is 1. The number of nitrogens with zero attached hydrogens (tertiary/aromatic N) is 5. The predicted molar refractivity (Wildman–Crippen MR) is 105 cm³/mol. The first-order valence-corrected chi connectivity index (χ1v) is 9.32. The molecule has 3 aromatic rings.